The molecule has 0 amide bonds. The number of rotatable bonds is 6. The fourth-order valence-corrected chi connectivity index (χ4v) is 13.0. The molecule has 2 aromatic rings. The highest BCUT2D eigenvalue weighted by Gasteiger charge is 2.43. The van der Waals surface area contributed by atoms with Crippen LogP contribution in [-0.4, -0.2) is 27.9 Å². The summed E-state index contributed by atoms with van der Waals surface area (Å²) in [4.78, 5) is 0. The van der Waals surface area contributed by atoms with E-state index >= 15 is 0 Å². The van der Waals surface area contributed by atoms with E-state index in [9.17, 15) is 5.11 Å². The van der Waals surface area contributed by atoms with Gasteiger partial charge >= 0.3 is 0 Å². The van der Waals surface area contributed by atoms with Gasteiger partial charge in [-0.25, -0.2) is 0 Å². The molecule has 2 aromatic carbocycles. The fraction of sp³-hybridized carbons (Fsp3) is 0.429. The lowest BCUT2D eigenvalue weighted by atomic mass is 9.80. The number of aliphatic hydroxyl groups excluding tert-OH is 1. The first kappa shape index (κ1) is 22.5. The van der Waals surface area contributed by atoms with Gasteiger partial charge in [-0.05, 0) is 55.6 Å². The molecule has 3 heteroatoms. The summed E-state index contributed by atoms with van der Waals surface area (Å²) in [5, 5.41) is 16.7. The molecular weight excluding hydrogens is 408 g/mol. The molecular formula is C28H38OSi2. The smallest absolute Gasteiger partial charge is 0.108 e. The van der Waals surface area contributed by atoms with Crippen molar-refractivity contribution in [3.8, 4) is 0 Å². The molecule has 2 aliphatic rings. The number of benzene rings is 2. The molecule has 2 aliphatic carbocycles. The molecule has 0 aromatic heterocycles. The fourth-order valence-electron chi connectivity index (χ4n) is 6.22. The molecule has 1 nitrogen and oxygen atoms in total. The largest absolute Gasteiger partial charge is 0.396 e. The van der Waals surface area contributed by atoms with Crippen molar-refractivity contribution in [1.29, 1.82) is 0 Å². The summed E-state index contributed by atoms with van der Waals surface area (Å²) in [6.45, 7) is 10.5. The molecule has 0 saturated heterocycles. The predicted octanol–water partition coefficient (Wildman–Crippen LogP) is 5.87. The van der Waals surface area contributed by atoms with Crippen LogP contribution in [0.3, 0.4) is 0 Å². The average molecular weight is 447 g/mol. The Balaban J connectivity index is 1.91. The molecule has 1 saturated carbocycles. The number of hydrogen-bond donors (Lipinski definition) is 1. The SMILES string of the molecule is C[Si](C)(C1=C2CCCCC2=C([Si](C)(C)c2ccccc2)C(CCO)C1)c1ccccc1. The first-order valence-electron chi connectivity index (χ1n) is 12.1. The quantitative estimate of drug-likeness (QED) is 0.551. The van der Waals surface area contributed by atoms with Gasteiger partial charge in [0.05, 0.1) is 0 Å². The van der Waals surface area contributed by atoms with Crippen LogP contribution in [0.25, 0.3) is 0 Å². The van der Waals surface area contributed by atoms with Crippen molar-refractivity contribution < 1.29 is 5.11 Å². The lowest BCUT2D eigenvalue weighted by Crippen LogP contribution is -2.51. The van der Waals surface area contributed by atoms with E-state index in [-0.39, 0.29) is 6.61 Å². The van der Waals surface area contributed by atoms with E-state index < -0.39 is 16.1 Å². The first-order chi connectivity index (χ1) is 14.9. The summed E-state index contributed by atoms with van der Waals surface area (Å²) in [5.41, 5.74) is 3.44. The second-order valence-corrected chi connectivity index (χ2v) is 19.2. The van der Waals surface area contributed by atoms with Crippen LogP contribution in [0.5, 0.6) is 0 Å². The van der Waals surface area contributed by atoms with Gasteiger partial charge in [-0.2, -0.15) is 0 Å². The van der Waals surface area contributed by atoms with Crippen LogP contribution >= 0.6 is 0 Å². The molecule has 1 N–H and O–H groups in total. The maximum absolute atomic E-state index is 10.1. The standard InChI is InChI=1S/C28H38OSi2/c1-30(2,23-13-7-5-8-14-23)27-21-22(19-20-29)28(26-18-12-11-17-25(26)27)31(3,4)24-15-9-6-10-16-24/h5-10,13-16,22,29H,11-12,17-21H2,1-4H3. The van der Waals surface area contributed by atoms with E-state index in [0.717, 1.165) is 12.8 Å². The third-order valence-corrected chi connectivity index (χ3v) is 15.5. The van der Waals surface area contributed by atoms with Crippen LogP contribution in [0, 0.1) is 5.92 Å². The Bertz CT molecular complexity index is 971. The summed E-state index contributed by atoms with van der Waals surface area (Å²) < 4.78 is 0. The van der Waals surface area contributed by atoms with Crippen LogP contribution < -0.4 is 10.4 Å². The van der Waals surface area contributed by atoms with Crippen molar-refractivity contribution >= 4 is 26.5 Å². The Morgan fingerprint density at radius 2 is 1.26 bits per heavy atom. The van der Waals surface area contributed by atoms with Crippen LogP contribution in [0.15, 0.2) is 82.2 Å². The number of aliphatic hydroxyl groups is 1. The first-order valence-corrected chi connectivity index (χ1v) is 18.1. The van der Waals surface area contributed by atoms with Crippen LogP contribution in [0.2, 0.25) is 26.2 Å². The molecule has 1 atom stereocenters. The molecule has 0 bridgehead atoms. The minimum absolute atomic E-state index is 0.288. The Morgan fingerprint density at radius 3 is 1.81 bits per heavy atom. The monoisotopic (exact) mass is 446 g/mol. The van der Waals surface area contributed by atoms with Crippen LogP contribution in [-0.2, 0) is 0 Å². The molecule has 0 heterocycles. The van der Waals surface area contributed by atoms with Crippen molar-refractivity contribution in [3.63, 3.8) is 0 Å². The molecule has 31 heavy (non-hydrogen) atoms. The van der Waals surface area contributed by atoms with Crippen molar-refractivity contribution in [3.05, 3.63) is 82.2 Å². The molecule has 4 rings (SSSR count). The molecule has 1 fully saturated rings. The zero-order valence-electron chi connectivity index (χ0n) is 19.7. The topological polar surface area (TPSA) is 20.2 Å². The van der Waals surface area contributed by atoms with Gasteiger partial charge in [-0.3, -0.25) is 0 Å². The minimum atomic E-state index is -1.81. The van der Waals surface area contributed by atoms with Gasteiger partial charge in [0.25, 0.3) is 0 Å². The van der Waals surface area contributed by atoms with E-state index in [4.69, 9.17) is 0 Å². The van der Waals surface area contributed by atoms with Crippen molar-refractivity contribution in [2.75, 3.05) is 6.61 Å². The normalized spacial score (nSPS) is 20.1. The number of fused-ring (bicyclic) bond motifs is 1. The van der Waals surface area contributed by atoms with E-state index in [1.165, 1.54) is 30.9 Å². The second kappa shape index (κ2) is 9.05. The lowest BCUT2D eigenvalue weighted by molar-refractivity contribution is 0.267. The third kappa shape index (κ3) is 4.20. The van der Waals surface area contributed by atoms with Gasteiger partial charge in [-0.15, -0.1) is 0 Å². The van der Waals surface area contributed by atoms with Gasteiger partial charge in [-0.1, -0.05) is 108 Å². The summed E-state index contributed by atoms with van der Waals surface area (Å²) in [5.74, 6) is 0.495. The zero-order chi connectivity index (χ0) is 22.1. The highest BCUT2D eigenvalue weighted by Crippen LogP contribution is 2.48. The lowest BCUT2D eigenvalue weighted by Gasteiger charge is -2.44. The van der Waals surface area contributed by atoms with E-state index in [0.29, 0.717) is 5.92 Å². The van der Waals surface area contributed by atoms with Crippen LogP contribution in [0.4, 0.5) is 0 Å². The van der Waals surface area contributed by atoms with E-state index in [1.807, 2.05) is 0 Å². The van der Waals surface area contributed by atoms with E-state index in [1.54, 1.807) is 26.7 Å². The van der Waals surface area contributed by atoms with Gasteiger partial charge in [0, 0.05) is 6.61 Å². The average Bonchev–Trinajstić information content (AvgIpc) is 2.79. The number of allylic oxidation sites excluding steroid dienone is 4. The van der Waals surface area contributed by atoms with Crippen LogP contribution in [0.1, 0.15) is 38.5 Å². The minimum Gasteiger partial charge on any atom is -0.396 e. The van der Waals surface area contributed by atoms with Gasteiger partial charge in [0.15, 0.2) is 0 Å². The summed E-state index contributed by atoms with van der Waals surface area (Å²) >= 11 is 0. The van der Waals surface area contributed by atoms with Gasteiger partial charge in [0.2, 0.25) is 0 Å². The highest BCUT2D eigenvalue weighted by atomic mass is 28.3. The Kier molecular flexibility index (Phi) is 6.57. The number of hydrogen-bond acceptors (Lipinski definition) is 1. The van der Waals surface area contributed by atoms with Gasteiger partial charge < -0.3 is 5.11 Å². The summed E-state index contributed by atoms with van der Waals surface area (Å²) in [6, 6.07) is 22.5. The highest BCUT2D eigenvalue weighted by molar-refractivity contribution is 6.97. The predicted molar refractivity (Wildman–Crippen MR) is 139 cm³/mol. The second-order valence-electron chi connectivity index (χ2n) is 10.5. The molecule has 0 spiro atoms. The van der Waals surface area contributed by atoms with E-state index in [2.05, 4.69) is 86.9 Å². The molecule has 164 valence electrons. The Hall–Kier alpha value is -1.69. The van der Waals surface area contributed by atoms with Crippen molar-refractivity contribution in [2.24, 2.45) is 5.92 Å². The Labute approximate surface area is 190 Å². The maximum atomic E-state index is 10.1. The summed E-state index contributed by atoms with van der Waals surface area (Å²) in [7, 11) is -3.55. The molecule has 0 aliphatic heterocycles. The summed E-state index contributed by atoms with van der Waals surface area (Å²) in [6.07, 6.45) is 7.19. The molecule has 0 radical (unpaired) electrons. The third-order valence-electron chi connectivity index (χ3n) is 7.91. The maximum Gasteiger partial charge on any atom is 0.108 e. The molecule has 1 unspecified atom stereocenters. The zero-order valence-corrected chi connectivity index (χ0v) is 21.7. The van der Waals surface area contributed by atoms with Crippen molar-refractivity contribution in [2.45, 2.75) is 64.7 Å². The van der Waals surface area contributed by atoms with Crippen molar-refractivity contribution in [1.82, 2.24) is 0 Å². The Morgan fingerprint density at radius 1 is 0.742 bits per heavy atom. The van der Waals surface area contributed by atoms with Gasteiger partial charge in [0.1, 0.15) is 16.1 Å².